The van der Waals surface area contributed by atoms with Gasteiger partial charge in [0.2, 0.25) is 23.6 Å². The highest BCUT2D eigenvalue weighted by Crippen LogP contribution is 2.35. The number of benzene rings is 4. The van der Waals surface area contributed by atoms with Crippen molar-refractivity contribution in [3.63, 3.8) is 0 Å². The zero-order valence-electron chi connectivity index (χ0n) is 40.2. The fourth-order valence-corrected chi connectivity index (χ4v) is 8.67. The molecule has 0 saturated carbocycles. The summed E-state index contributed by atoms with van der Waals surface area (Å²) in [6, 6.07) is 10.4. The van der Waals surface area contributed by atoms with E-state index in [-0.39, 0.29) is 91.9 Å². The van der Waals surface area contributed by atoms with Crippen molar-refractivity contribution in [1.29, 1.82) is 0 Å². The van der Waals surface area contributed by atoms with Crippen LogP contribution in [0.4, 0.5) is 16.2 Å². The molecule has 0 saturated heterocycles. The van der Waals surface area contributed by atoms with Crippen LogP contribution in [-0.2, 0) is 24.0 Å². The molecule has 0 aliphatic carbocycles. The van der Waals surface area contributed by atoms with Crippen LogP contribution < -0.4 is 32.3 Å². The van der Waals surface area contributed by atoms with Gasteiger partial charge in [-0.2, -0.15) is 0 Å². The van der Waals surface area contributed by atoms with E-state index >= 15 is 0 Å². The number of non-ortho nitro benzene ring substituents is 2. The predicted octanol–water partition coefficient (Wildman–Crippen LogP) is 1.57. The summed E-state index contributed by atoms with van der Waals surface area (Å²) in [5.41, 5.74) is 4.71. The SMILES string of the molecule is CC(C)C(NC(=O)CNC(=O)CCC(=O)O)C(=O)NC(CCCNC(N)=O)C(=O)N(CCCNCCN1C(=O)c2cccc3cc([N+](=O)[O-])cc(c23)C1=O)CCN1C(=O)c2cccc3cc([N+](=O)[O-])cc(c23)C1=O. The molecule has 0 aromatic heterocycles. The number of aliphatic carboxylic acids is 1. The number of primary amides is 1. The summed E-state index contributed by atoms with van der Waals surface area (Å²) in [6.07, 6.45) is -0.746. The van der Waals surface area contributed by atoms with Crippen LogP contribution >= 0.6 is 0 Å². The number of imide groups is 2. The number of carbonyl (C=O) groups is 10. The highest BCUT2D eigenvalue weighted by Gasteiger charge is 2.37. The Morgan fingerprint density at radius 2 is 1.23 bits per heavy atom. The summed E-state index contributed by atoms with van der Waals surface area (Å²) in [7, 11) is 0. The number of nitrogens with one attached hydrogen (secondary N) is 5. The molecule has 0 spiro atoms. The van der Waals surface area contributed by atoms with Gasteiger partial charge in [-0.1, -0.05) is 38.1 Å². The molecule has 26 nitrogen and oxygen atoms in total. The van der Waals surface area contributed by atoms with E-state index < -0.39 is 119 Å². The average Bonchev–Trinajstić information content (AvgIpc) is 3.36. The smallest absolute Gasteiger partial charge is 0.312 e. The lowest BCUT2D eigenvalue weighted by atomic mass is 9.93. The first-order chi connectivity index (χ1) is 35.2. The van der Waals surface area contributed by atoms with E-state index in [4.69, 9.17) is 10.8 Å². The minimum atomic E-state index is -1.37. The molecule has 26 heteroatoms. The molecule has 2 aliphatic rings. The minimum Gasteiger partial charge on any atom is -0.481 e. The van der Waals surface area contributed by atoms with Gasteiger partial charge in [-0.15, -0.1) is 0 Å². The van der Waals surface area contributed by atoms with E-state index in [2.05, 4.69) is 26.6 Å². The topological polar surface area (TPSA) is 373 Å². The van der Waals surface area contributed by atoms with Crippen molar-refractivity contribution in [3.8, 4) is 0 Å². The van der Waals surface area contributed by atoms with Crippen LogP contribution in [0.1, 0.15) is 87.4 Å². The molecule has 74 heavy (non-hydrogen) atoms. The third-order valence-electron chi connectivity index (χ3n) is 12.3. The highest BCUT2D eigenvalue weighted by molar-refractivity contribution is 6.27. The Morgan fingerprint density at radius 3 is 1.76 bits per heavy atom. The maximum atomic E-state index is 14.8. The summed E-state index contributed by atoms with van der Waals surface area (Å²) in [4.78, 5) is 157. The normalized spacial score (nSPS) is 13.7. The standard InChI is InChI=1S/C48H53N11O15/c1-26(2)41(54-37(61)25-52-36(60)12-13-38(62)63)42(64)53-35(11-5-15-51-48(49)70)47(69)55(19-20-57-44(66)32-10-4-8-28-22-30(59(73)74)24-34(40(28)32)46(57)68)17-6-14-50-16-18-56-43(65)31-9-3-7-27-21-29(58(71)72)23-33(39(27)31)45(56)67/h3-4,7-10,21-24,26,35,41,50H,5-6,11-20,25H2,1-2H3,(H,52,60)(H,53,64)(H,54,61)(H,62,63)(H3,49,51,70). The van der Waals surface area contributed by atoms with Crippen molar-refractivity contribution in [2.75, 3.05) is 52.4 Å². The highest BCUT2D eigenvalue weighted by atomic mass is 16.6. The van der Waals surface area contributed by atoms with Gasteiger partial charge >= 0.3 is 12.0 Å². The van der Waals surface area contributed by atoms with Crippen molar-refractivity contribution in [3.05, 3.63) is 103 Å². The predicted molar refractivity (Wildman–Crippen MR) is 261 cm³/mol. The molecule has 6 rings (SSSR count). The number of carboxylic acids is 1. The van der Waals surface area contributed by atoms with Crippen molar-refractivity contribution >= 4 is 92.2 Å². The van der Waals surface area contributed by atoms with E-state index in [0.717, 1.165) is 21.9 Å². The van der Waals surface area contributed by atoms with Gasteiger partial charge in [0.15, 0.2) is 0 Å². The molecule has 2 aliphatic heterocycles. The molecule has 2 atom stereocenters. The Balaban J connectivity index is 1.20. The Hall–Kier alpha value is -8.94. The van der Waals surface area contributed by atoms with Gasteiger partial charge in [0.05, 0.1) is 33.9 Å². The molecule has 8 N–H and O–H groups in total. The number of nitrogens with zero attached hydrogens (tertiary/aromatic N) is 5. The van der Waals surface area contributed by atoms with Gasteiger partial charge in [-0.25, -0.2) is 4.79 Å². The van der Waals surface area contributed by atoms with Crippen molar-refractivity contribution in [1.82, 2.24) is 41.3 Å². The van der Waals surface area contributed by atoms with Gasteiger partial charge in [-0.05, 0) is 54.6 Å². The molecular formula is C48H53N11O15. The largest absolute Gasteiger partial charge is 0.481 e. The van der Waals surface area contributed by atoms with Crippen LogP contribution in [0.15, 0.2) is 60.7 Å². The Kier molecular flexibility index (Phi) is 17.6. The maximum Gasteiger partial charge on any atom is 0.312 e. The Morgan fingerprint density at radius 1 is 0.676 bits per heavy atom. The van der Waals surface area contributed by atoms with E-state index in [1.54, 1.807) is 26.0 Å². The number of carboxylic acid groups (broad SMARTS) is 1. The third-order valence-corrected chi connectivity index (χ3v) is 12.3. The number of carbonyl (C=O) groups excluding carboxylic acids is 9. The first-order valence-corrected chi connectivity index (χ1v) is 23.4. The lowest BCUT2D eigenvalue weighted by molar-refractivity contribution is -0.384. The third kappa shape index (κ3) is 12.7. The van der Waals surface area contributed by atoms with Crippen LogP contribution in [0.25, 0.3) is 21.5 Å². The second-order valence-electron chi connectivity index (χ2n) is 17.7. The molecule has 0 bridgehead atoms. The molecule has 10 amide bonds. The van der Waals surface area contributed by atoms with Crippen LogP contribution in [0.2, 0.25) is 0 Å². The second kappa shape index (κ2) is 24.0. The van der Waals surface area contributed by atoms with E-state index in [1.165, 1.54) is 41.3 Å². The zero-order valence-corrected chi connectivity index (χ0v) is 40.2. The molecule has 4 aromatic carbocycles. The molecule has 0 fully saturated rings. The lowest BCUT2D eigenvalue weighted by Gasteiger charge is -2.33. The first-order valence-electron chi connectivity index (χ1n) is 23.4. The summed E-state index contributed by atoms with van der Waals surface area (Å²) in [5, 5.41) is 46.5. The lowest BCUT2D eigenvalue weighted by Crippen LogP contribution is -2.57. The Labute approximate surface area is 420 Å². The van der Waals surface area contributed by atoms with Crippen LogP contribution in [0, 0.1) is 26.1 Å². The molecular weight excluding hydrogens is 971 g/mol. The van der Waals surface area contributed by atoms with E-state index in [9.17, 15) is 68.2 Å². The van der Waals surface area contributed by atoms with Crippen molar-refractivity contribution in [2.45, 2.75) is 58.0 Å². The van der Waals surface area contributed by atoms with Gasteiger partial charge < -0.3 is 42.3 Å². The minimum absolute atomic E-state index is 0.00442. The van der Waals surface area contributed by atoms with Gasteiger partial charge in [0.25, 0.3) is 35.0 Å². The number of hydrogen-bond donors (Lipinski definition) is 7. The van der Waals surface area contributed by atoms with Gasteiger partial charge in [0, 0.05) is 91.9 Å². The average molecular weight is 1020 g/mol. The zero-order chi connectivity index (χ0) is 54.0. The maximum absolute atomic E-state index is 14.8. The van der Waals surface area contributed by atoms with Crippen molar-refractivity contribution < 1.29 is 62.9 Å². The van der Waals surface area contributed by atoms with E-state index in [0.29, 0.717) is 16.2 Å². The van der Waals surface area contributed by atoms with Crippen LogP contribution in [0.5, 0.6) is 0 Å². The van der Waals surface area contributed by atoms with Gasteiger partial charge in [-0.3, -0.25) is 73.2 Å². The molecule has 390 valence electrons. The summed E-state index contributed by atoms with van der Waals surface area (Å²) in [6.45, 7) is 1.76. The summed E-state index contributed by atoms with van der Waals surface area (Å²) in [5.74, 6) is -7.80. The number of nitrogens with two attached hydrogens (primary N) is 1. The molecule has 4 aromatic rings. The number of nitro benzene ring substituents is 2. The van der Waals surface area contributed by atoms with E-state index in [1.807, 2.05) is 0 Å². The monoisotopic (exact) mass is 1020 g/mol. The van der Waals surface area contributed by atoms with Crippen LogP contribution in [0.3, 0.4) is 0 Å². The fraction of sp³-hybridized carbons (Fsp3) is 0.375. The number of nitro groups is 2. The van der Waals surface area contributed by atoms with Gasteiger partial charge in [0.1, 0.15) is 12.1 Å². The first kappa shape index (κ1) is 54.4. The molecule has 2 unspecified atom stereocenters. The molecule has 2 heterocycles. The Bertz CT molecular complexity index is 2980. The number of amides is 10. The van der Waals surface area contributed by atoms with Crippen molar-refractivity contribution in [2.24, 2.45) is 11.7 Å². The fourth-order valence-electron chi connectivity index (χ4n) is 8.67. The summed E-state index contributed by atoms with van der Waals surface area (Å²) < 4.78 is 0. The number of hydrogen-bond acceptors (Lipinski definition) is 15. The summed E-state index contributed by atoms with van der Waals surface area (Å²) >= 11 is 0. The number of urea groups is 1. The second-order valence-corrected chi connectivity index (χ2v) is 17.7. The molecule has 0 radical (unpaired) electrons. The van der Waals surface area contributed by atoms with Crippen LogP contribution in [-0.4, -0.2) is 153 Å². The quantitative estimate of drug-likeness (QED) is 0.0203. The number of rotatable bonds is 26.